The van der Waals surface area contributed by atoms with Gasteiger partial charge in [-0.2, -0.15) is 4.31 Å². The largest absolute Gasteiger partial charge is 0.352 e. The highest BCUT2D eigenvalue weighted by Crippen LogP contribution is 2.21. The van der Waals surface area contributed by atoms with Crippen molar-refractivity contribution in [1.29, 1.82) is 0 Å². The van der Waals surface area contributed by atoms with E-state index in [0.29, 0.717) is 31.7 Å². The average Bonchev–Trinajstić information content (AvgIpc) is 3.29. The van der Waals surface area contributed by atoms with Crippen LogP contribution in [0.3, 0.4) is 0 Å². The van der Waals surface area contributed by atoms with Gasteiger partial charge in [-0.05, 0) is 43.3 Å². The predicted molar refractivity (Wildman–Crippen MR) is 109 cm³/mol. The molecule has 0 spiro atoms. The van der Waals surface area contributed by atoms with Crippen LogP contribution in [0.2, 0.25) is 0 Å². The second-order valence-corrected chi connectivity index (χ2v) is 8.75. The maximum absolute atomic E-state index is 12.9. The van der Waals surface area contributed by atoms with Crippen molar-refractivity contribution in [2.75, 3.05) is 31.1 Å². The van der Waals surface area contributed by atoms with Crippen molar-refractivity contribution in [3.63, 3.8) is 0 Å². The lowest BCUT2D eigenvalue weighted by Gasteiger charge is -2.34. The third-order valence-corrected chi connectivity index (χ3v) is 6.84. The van der Waals surface area contributed by atoms with Gasteiger partial charge in [0.1, 0.15) is 0 Å². The van der Waals surface area contributed by atoms with E-state index in [1.54, 1.807) is 12.1 Å². The molecule has 1 aromatic carbocycles. The molecule has 150 valence electrons. The second-order valence-electron chi connectivity index (χ2n) is 6.82. The molecular formula is C20H21N5O3S. The Hall–Kier alpha value is -3.04. The number of sulfonamides is 1. The highest BCUT2D eigenvalue weighted by atomic mass is 32.2. The quantitative estimate of drug-likeness (QED) is 0.597. The van der Waals surface area contributed by atoms with Crippen molar-refractivity contribution in [3.05, 3.63) is 66.5 Å². The van der Waals surface area contributed by atoms with Crippen LogP contribution in [0.25, 0.3) is 5.82 Å². The minimum absolute atomic E-state index is 0.148. The summed E-state index contributed by atoms with van der Waals surface area (Å²) in [6, 6.07) is 13.8. The monoisotopic (exact) mass is 411 g/mol. The van der Waals surface area contributed by atoms with Gasteiger partial charge in [0, 0.05) is 44.1 Å². The van der Waals surface area contributed by atoms with Crippen molar-refractivity contribution >= 4 is 21.6 Å². The van der Waals surface area contributed by atoms with Gasteiger partial charge in [-0.1, -0.05) is 12.1 Å². The molecule has 3 heterocycles. The molecule has 9 heteroatoms. The van der Waals surface area contributed by atoms with Gasteiger partial charge in [-0.25, -0.2) is 8.42 Å². The normalized spacial score (nSPS) is 15.4. The molecule has 0 unspecified atom stereocenters. The Morgan fingerprint density at radius 2 is 1.55 bits per heavy atom. The number of anilines is 1. The van der Waals surface area contributed by atoms with Crippen LogP contribution in [0.5, 0.6) is 0 Å². The Labute approximate surface area is 169 Å². The fourth-order valence-electron chi connectivity index (χ4n) is 3.29. The van der Waals surface area contributed by atoms with Crippen LogP contribution < -0.4 is 4.90 Å². The zero-order valence-electron chi connectivity index (χ0n) is 16.0. The second kappa shape index (κ2) is 7.76. The van der Waals surface area contributed by atoms with Gasteiger partial charge in [-0.3, -0.25) is 4.79 Å². The lowest BCUT2D eigenvalue weighted by atomic mass is 10.2. The van der Waals surface area contributed by atoms with Crippen molar-refractivity contribution in [2.45, 2.75) is 11.8 Å². The maximum atomic E-state index is 12.9. The lowest BCUT2D eigenvalue weighted by Crippen LogP contribution is -2.49. The first-order valence-electron chi connectivity index (χ1n) is 9.28. The standard InChI is InChI=1S/C20H21N5O3S/c1-16(26)17-5-4-6-18(15-17)29(27,28)25-13-11-24(12-14-25)20-8-7-19(21-22-20)23-9-2-3-10-23/h2-10,15H,11-14H2,1H3. The summed E-state index contributed by atoms with van der Waals surface area (Å²) >= 11 is 0. The van der Waals surface area contributed by atoms with Gasteiger partial charge < -0.3 is 9.47 Å². The number of Topliss-reactive ketones (excluding diaryl/α,β-unsaturated/α-hetero) is 1. The van der Waals surface area contributed by atoms with Crippen LogP contribution in [-0.2, 0) is 10.0 Å². The Balaban J connectivity index is 1.45. The smallest absolute Gasteiger partial charge is 0.243 e. The SMILES string of the molecule is CC(=O)c1cccc(S(=O)(=O)N2CCN(c3ccc(-n4cccc4)nn3)CC2)c1. The third kappa shape index (κ3) is 3.92. The molecule has 2 aromatic heterocycles. The molecule has 29 heavy (non-hydrogen) atoms. The Kier molecular flexibility index (Phi) is 5.16. The van der Waals surface area contributed by atoms with Crippen LogP contribution >= 0.6 is 0 Å². The molecule has 0 aliphatic carbocycles. The van der Waals surface area contributed by atoms with E-state index in [-0.39, 0.29) is 10.7 Å². The van der Waals surface area contributed by atoms with Crippen LogP contribution in [0, 0.1) is 0 Å². The molecule has 1 saturated heterocycles. The summed E-state index contributed by atoms with van der Waals surface area (Å²) in [7, 11) is -3.64. The summed E-state index contributed by atoms with van der Waals surface area (Å²) in [6.07, 6.45) is 3.79. The molecule has 0 radical (unpaired) electrons. The van der Waals surface area contributed by atoms with Crippen molar-refractivity contribution in [1.82, 2.24) is 19.1 Å². The first kappa shape index (κ1) is 19.3. The van der Waals surface area contributed by atoms with E-state index in [0.717, 1.165) is 11.6 Å². The molecule has 1 fully saturated rings. The summed E-state index contributed by atoms with van der Waals surface area (Å²) < 4.78 is 29.2. The van der Waals surface area contributed by atoms with Crippen LogP contribution in [-0.4, -0.2) is 59.4 Å². The Morgan fingerprint density at radius 1 is 0.897 bits per heavy atom. The van der Waals surface area contributed by atoms with Crippen molar-refractivity contribution < 1.29 is 13.2 Å². The number of hydrogen-bond acceptors (Lipinski definition) is 6. The van der Waals surface area contributed by atoms with E-state index >= 15 is 0 Å². The molecular weight excluding hydrogens is 390 g/mol. The molecule has 3 aromatic rings. The molecule has 1 aliphatic rings. The summed E-state index contributed by atoms with van der Waals surface area (Å²) in [5, 5.41) is 8.53. The van der Waals surface area contributed by atoms with Crippen molar-refractivity contribution in [2.24, 2.45) is 0 Å². The number of rotatable bonds is 5. The summed E-state index contributed by atoms with van der Waals surface area (Å²) in [5.74, 6) is 1.29. The molecule has 1 aliphatic heterocycles. The number of piperazine rings is 1. The fourth-order valence-corrected chi connectivity index (χ4v) is 4.76. The van der Waals surface area contributed by atoms with Gasteiger partial charge in [0.15, 0.2) is 17.4 Å². The molecule has 4 rings (SSSR count). The lowest BCUT2D eigenvalue weighted by molar-refractivity contribution is 0.101. The van der Waals surface area contributed by atoms with Gasteiger partial charge in [0.05, 0.1) is 4.90 Å². The predicted octanol–water partition coefficient (Wildman–Crippen LogP) is 1.98. The minimum atomic E-state index is -3.64. The Bertz CT molecular complexity index is 1100. The number of ketones is 1. The van der Waals surface area contributed by atoms with E-state index in [9.17, 15) is 13.2 Å². The molecule has 0 N–H and O–H groups in total. The molecule has 0 saturated carbocycles. The number of benzene rings is 1. The highest BCUT2D eigenvalue weighted by molar-refractivity contribution is 7.89. The van der Waals surface area contributed by atoms with Gasteiger partial charge in [0.2, 0.25) is 10.0 Å². The van der Waals surface area contributed by atoms with Gasteiger partial charge in [-0.15, -0.1) is 10.2 Å². The van der Waals surface area contributed by atoms with Crippen LogP contribution in [0.1, 0.15) is 17.3 Å². The van der Waals surface area contributed by atoms with E-state index < -0.39 is 10.0 Å². The molecule has 0 atom stereocenters. The summed E-state index contributed by atoms with van der Waals surface area (Å²) in [6.45, 7) is 3.14. The number of carbonyl (C=O) groups excluding carboxylic acids is 1. The van der Waals surface area contributed by atoms with E-state index in [1.807, 2.05) is 46.1 Å². The van der Waals surface area contributed by atoms with E-state index in [2.05, 4.69) is 10.2 Å². The van der Waals surface area contributed by atoms with Gasteiger partial charge in [0.25, 0.3) is 0 Å². The maximum Gasteiger partial charge on any atom is 0.243 e. The van der Waals surface area contributed by atoms with Gasteiger partial charge >= 0.3 is 0 Å². The average molecular weight is 411 g/mol. The molecule has 8 nitrogen and oxygen atoms in total. The zero-order chi connectivity index (χ0) is 20.4. The zero-order valence-corrected chi connectivity index (χ0v) is 16.8. The number of carbonyl (C=O) groups is 1. The highest BCUT2D eigenvalue weighted by Gasteiger charge is 2.29. The first-order chi connectivity index (χ1) is 13.9. The third-order valence-electron chi connectivity index (χ3n) is 4.95. The number of hydrogen-bond donors (Lipinski definition) is 0. The van der Waals surface area contributed by atoms with Crippen molar-refractivity contribution in [3.8, 4) is 5.82 Å². The van der Waals surface area contributed by atoms with E-state index in [1.165, 1.54) is 23.4 Å². The fraction of sp³-hybridized carbons (Fsp3) is 0.250. The first-order valence-corrected chi connectivity index (χ1v) is 10.7. The van der Waals surface area contributed by atoms with E-state index in [4.69, 9.17) is 0 Å². The Morgan fingerprint density at radius 3 is 2.17 bits per heavy atom. The summed E-state index contributed by atoms with van der Waals surface area (Å²) in [4.78, 5) is 13.7. The van der Waals surface area contributed by atoms with Crippen LogP contribution in [0.15, 0.2) is 65.8 Å². The topological polar surface area (TPSA) is 88.4 Å². The number of aromatic nitrogens is 3. The number of nitrogens with zero attached hydrogens (tertiary/aromatic N) is 5. The summed E-state index contributed by atoms with van der Waals surface area (Å²) in [5.41, 5.74) is 0.391. The minimum Gasteiger partial charge on any atom is -0.352 e. The molecule has 0 bridgehead atoms. The molecule has 0 amide bonds. The van der Waals surface area contributed by atoms with Crippen LogP contribution in [0.4, 0.5) is 5.82 Å².